The molecular weight excluding hydrogens is 379 g/mol. The molecule has 0 radical (unpaired) electrons. The van der Waals surface area contributed by atoms with Crippen molar-refractivity contribution in [2.75, 3.05) is 0 Å². The summed E-state index contributed by atoms with van der Waals surface area (Å²) in [5, 5.41) is 12.9. The summed E-state index contributed by atoms with van der Waals surface area (Å²) in [4.78, 5) is 12.2. The van der Waals surface area contributed by atoms with Gasteiger partial charge in [0.15, 0.2) is 17.3 Å². The molecule has 0 bridgehead atoms. The van der Waals surface area contributed by atoms with Gasteiger partial charge in [0.05, 0.1) is 0 Å². The lowest BCUT2D eigenvalue weighted by atomic mass is 10.1. The van der Waals surface area contributed by atoms with Crippen molar-refractivity contribution in [2.24, 2.45) is 5.10 Å². The first-order valence-corrected chi connectivity index (χ1v) is 7.44. The van der Waals surface area contributed by atoms with E-state index >= 15 is 0 Å². The van der Waals surface area contributed by atoms with Crippen LogP contribution in [0.15, 0.2) is 39.9 Å². The van der Waals surface area contributed by atoms with Crippen LogP contribution in [0.2, 0.25) is 0 Å². The van der Waals surface area contributed by atoms with Crippen LogP contribution in [0.5, 0.6) is 5.75 Å². The Morgan fingerprint density at radius 1 is 1.30 bits per heavy atom. The predicted molar refractivity (Wildman–Crippen MR) is 79.7 cm³/mol. The molecular formula is C16H11F5N2O4. The van der Waals surface area contributed by atoms with E-state index in [1.807, 2.05) is 0 Å². The summed E-state index contributed by atoms with van der Waals surface area (Å²) in [5.74, 6) is -3.90. The van der Waals surface area contributed by atoms with Crippen molar-refractivity contribution in [2.45, 2.75) is 24.9 Å². The normalized spacial score (nSPS) is 19.6. The number of aliphatic hydroxyl groups is 1. The van der Waals surface area contributed by atoms with Crippen molar-refractivity contribution in [3.8, 4) is 5.75 Å². The van der Waals surface area contributed by atoms with Crippen LogP contribution in [0.4, 0.5) is 22.0 Å². The van der Waals surface area contributed by atoms with Gasteiger partial charge in [-0.25, -0.2) is 8.78 Å². The monoisotopic (exact) mass is 390 g/mol. The summed E-state index contributed by atoms with van der Waals surface area (Å²) in [7, 11) is 0. The molecule has 0 unspecified atom stereocenters. The Labute approximate surface area is 148 Å². The molecule has 1 amide bonds. The number of hydrogen-bond donors (Lipinski definition) is 1. The van der Waals surface area contributed by atoms with Gasteiger partial charge in [0.25, 0.3) is 5.72 Å². The zero-order valence-corrected chi connectivity index (χ0v) is 13.3. The van der Waals surface area contributed by atoms with E-state index in [-0.39, 0.29) is 23.1 Å². The van der Waals surface area contributed by atoms with Gasteiger partial charge >= 0.3 is 12.1 Å². The Hall–Kier alpha value is -2.95. The second-order valence-electron chi connectivity index (χ2n) is 5.56. The highest BCUT2D eigenvalue weighted by Crippen LogP contribution is 2.39. The van der Waals surface area contributed by atoms with E-state index in [2.05, 4.69) is 5.10 Å². The van der Waals surface area contributed by atoms with Crippen molar-refractivity contribution in [1.29, 1.82) is 0 Å². The number of alkyl halides is 3. The van der Waals surface area contributed by atoms with Gasteiger partial charge in [0.1, 0.15) is 18.2 Å². The number of carbonyl (C=O) groups is 1. The van der Waals surface area contributed by atoms with Crippen LogP contribution < -0.4 is 4.74 Å². The van der Waals surface area contributed by atoms with E-state index in [0.29, 0.717) is 6.07 Å². The standard InChI is InChI=1S/C16H11F5N2O4/c17-9-1-3-12(11(18)7-9)26-8-10-2-4-13(27-10)14(24)23-15(25,5-6-22-23)16(19,20)21/h1-4,6-7,25H,5,8H2/t15-/m0/s1. The first-order valence-electron chi connectivity index (χ1n) is 7.44. The molecule has 27 heavy (non-hydrogen) atoms. The summed E-state index contributed by atoms with van der Waals surface area (Å²) < 4.78 is 75.5. The predicted octanol–water partition coefficient (Wildman–Crippen LogP) is 3.22. The van der Waals surface area contributed by atoms with Gasteiger partial charge in [0.2, 0.25) is 0 Å². The fourth-order valence-corrected chi connectivity index (χ4v) is 2.30. The van der Waals surface area contributed by atoms with E-state index in [1.54, 1.807) is 0 Å². The topological polar surface area (TPSA) is 75.3 Å². The Balaban J connectivity index is 1.72. The molecule has 0 saturated carbocycles. The van der Waals surface area contributed by atoms with Gasteiger partial charge in [-0.2, -0.15) is 23.3 Å². The largest absolute Gasteiger partial charge is 0.483 e. The SMILES string of the molecule is O=C(c1ccc(COc2ccc(F)cc2F)o1)N1N=CC[C@]1(O)C(F)(F)F. The second-order valence-corrected chi connectivity index (χ2v) is 5.56. The summed E-state index contributed by atoms with van der Waals surface area (Å²) >= 11 is 0. The summed E-state index contributed by atoms with van der Waals surface area (Å²) in [6.45, 7) is -0.372. The van der Waals surface area contributed by atoms with Crippen LogP contribution in [0.3, 0.4) is 0 Å². The van der Waals surface area contributed by atoms with Crippen molar-refractivity contribution in [3.63, 3.8) is 0 Å². The molecule has 1 atom stereocenters. The third-order valence-corrected chi connectivity index (χ3v) is 3.71. The number of hydrogen-bond acceptors (Lipinski definition) is 5. The van der Waals surface area contributed by atoms with Gasteiger partial charge in [-0.15, -0.1) is 0 Å². The first kappa shape index (κ1) is 18.8. The number of amides is 1. The molecule has 1 aliphatic heterocycles. The molecule has 3 rings (SSSR count). The number of hydrazone groups is 1. The average molecular weight is 390 g/mol. The third-order valence-electron chi connectivity index (χ3n) is 3.71. The Morgan fingerprint density at radius 2 is 2.04 bits per heavy atom. The molecule has 1 N–H and O–H groups in total. The number of halogens is 5. The summed E-state index contributed by atoms with van der Waals surface area (Å²) in [5.41, 5.74) is -3.47. The zero-order valence-electron chi connectivity index (χ0n) is 13.3. The molecule has 2 heterocycles. The van der Waals surface area contributed by atoms with Crippen molar-refractivity contribution in [1.82, 2.24) is 5.01 Å². The van der Waals surface area contributed by atoms with Gasteiger partial charge in [0, 0.05) is 18.7 Å². The molecule has 0 fully saturated rings. The molecule has 1 aromatic heterocycles. The average Bonchev–Trinajstić information content (AvgIpc) is 3.20. The first-order chi connectivity index (χ1) is 12.6. The molecule has 0 aliphatic carbocycles. The number of benzene rings is 1. The minimum absolute atomic E-state index is 0.0131. The highest BCUT2D eigenvalue weighted by molar-refractivity contribution is 5.93. The van der Waals surface area contributed by atoms with Gasteiger partial charge < -0.3 is 14.3 Å². The number of nitrogens with zero attached hydrogens (tertiary/aromatic N) is 2. The molecule has 2 aromatic rings. The number of ether oxygens (including phenoxy) is 1. The van der Waals surface area contributed by atoms with E-state index in [4.69, 9.17) is 9.15 Å². The highest BCUT2D eigenvalue weighted by Gasteiger charge is 2.61. The summed E-state index contributed by atoms with van der Waals surface area (Å²) in [6.07, 6.45) is -5.28. The maximum absolute atomic E-state index is 13.5. The fourth-order valence-electron chi connectivity index (χ4n) is 2.30. The zero-order chi connectivity index (χ0) is 19.8. The van der Waals surface area contributed by atoms with E-state index in [9.17, 15) is 31.9 Å². The maximum Gasteiger partial charge on any atom is 0.438 e. The second kappa shape index (κ2) is 6.65. The van der Waals surface area contributed by atoms with Crippen molar-refractivity contribution < 1.29 is 41.0 Å². The van der Waals surface area contributed by atoms with Crippen molar-refractivity contribution in [3.05, 3.63) is 53.5 Å². The molecule has 0 spiro atoms. The van der Waals surface area contributed by atoms with Gasteiger partial charge in [-0.1, -0.05) is 0 Å². The maximum atomic E-state index is 13.5. The van der Waals surface area contributed by atoms with Crippen LogP contribution in [0.1, 0.15) is 22.7 Å². The van der Waals surface area contributed by atoms with E-state index < -0.39 is 41.6 Å². The Bertz CT molecular complexity index is 895. The van der Waals surface area contributed by atoms with Crippen LogP contribution in [0, 0.1) is 11.6 Å². The molecule has 144 valence electrons. The van der Waals surface area contributed by atoms with Gasteiger partial charge in [-0.3, -0.25) is 4.79 Å². The Kier molecular flexibility index (Phi) is 4.64. The van der Waals surface area contributed by atoms with E-state index in [0.717, 1.165) is 24.4 Å². The fraction of sp³-hybridized carbons (Fsp3) is 0.250. The number of carbonyl (C=O) groups excluding carboxylic acids is 1. The van der Waals surface area contributed by atoms with E-state index in [1.165, 1.54) is 6.07 Å². The molecule has 6 nitrogen and oxygen atoms in total. The minimum atomic E-state index is -5.13. The van der Waals surface area contributed by atoms with Crippen LogP contribution >= 0.6 is 0 Å². The smallest absolute Gasteiger partial charge is 0.438 e. The lowest BCUT2D eigenvalue weighted by molar-refractivity contribution is -0.297. The van der Waals surface area contributed by atoms with Crippen molar-refractivity contribution >= 4 is 12.1 Å². The number of furan rings is 1. The highest BCUT2D eigenvalue weighted by atomic mass is 19.4. The quantitative estimate of drug-likeness (QED) is 0.814. The minimum Gasteiger partial charge on any atom is -0.483 e. The number of rotatable bonds is 4. The lowest BCUT2D eigenvalue weighted by Gasteiger charge is -2.31. The van der Waals surface area contributed by atoms with Gasteiger partial charge in [-0.05, 0) is 24.3 Å². The lowest BCUT2D eigenvalue weighted by Crippen LogP contribution is -2.56. The summed E-state index contributed by atoms with van der Waals surface area (Å²) in [6, 6.07) is 4.91. The van der Waals surface area contributed by atoms with Crippen LogP contribution in [-0.2, 0) is 6.61 Å². The van der Waals surface area contributed by atoms with Crippen LogP contribution in [-0.4, -0.2) is 34.1 Å². The molecule has 1 aliphatic rings. The van der Waals surface area contributed by atoms with Crippen LogP contribution in [0.25, 0.3) is 0 Å². The molecule has 11 heteroatoms. The molecule has 0 saturated heterocycles. The Morgan fingerprint density at radius 3 is 2.70 bits per heavy atom. The molecule has 1 aromatic carbocycles. The third kappa shape index (κ3) is 3.50.